The predicted octanol–water partition coefficient (Wildman–Crippen LogP) is 2.07. The number of nitrogens with two attached hydrogens (primary N) is 1. The molecule has 6 heteroatoms. The molecule has 0 aliphatic rings. The normalized spacial score (nSPS) is 10.4. The number of rotatable bonds is 2. The molecular formula is C10H9F2N3O. The lowest BCUT2D eigenvalue weighted by atomic mass is 10.3. The van der Waals surface area contributed by atoms with Crippen LogP contribution in [0.2, 0.25) is 0 Å². The third-order valence-electron chi connectivity index (χ3n) is 1.87. The van der Waals surface area contributed by atoms with Crippen LogP contribution in [0.25, 0.3) is 0 Å². The summed E-state index contributed by atoms with van der Waals surface area (Å²) < 4.78 is 32.3. The Bertz CT molecular complexity index is 505. The summed E-state index contributed by atoms with van der Waals surface area (Å²) in [5, 5.41) is 3.89. The standard InChI is InChI=1S/C10H9F2N3O/c1-15-5-9(13)10(14-15)16-8-3-6(11)2-7(12)4-8/h2-5H,13H2,1H3. The van der Waals surface area contributed by atoms with E-state index in [1.807, 2.05) is 0 Å². The summed E-state index contributed by atoms with van der Waals surface area (Å²) in [6.07, 6.45) is 1.53. The number of nitrogens with zero attached hydrogens (tertiary/aromatic N) is 2. The van der Waals surface area contributed by atoms with Gasteiger partial charge in [0.2, 0.25) is 0 Å². The Morgan fingerprint density at radius 2 is 1.88 bits per heavy atom. The quantitative estimate of drug-likeness (QED) is 0.851. The van der Waals surface area contributed by atoms with Crippen molar-refractivity contribution in [2.45, 2.75) is 0 Å². The SMILES string of the molecule is Cn1cc(N)c(Oc2cc(F)cc(F)c2)n1. The molecule has 1 aromatic heterocycles. The lowest BCUT2D eigenvalue weighted by molar-refractivity contribution is 0.445. The number of hydrogen-bond donors (Lipinski definition) is 1. The van der Waals surface area contributed by atoms with Crippen LogP contribution in [-0.2, 0) is 7.05 Å². The molecule has 0 radical (unpaired) electrons. The van der Waals surface area contributed by atoms with E-state index in [-0.39, 0.29) is 11.6 Å². The molecule has 0 saturated heterocycles. The van der Waals surface area contributed by atoms with Crippen molar-refractivity contribution < 1.29 is 13.5 Å². The van der Waals surface area contributed by atoms with Gasteiger partial charge in [-0.25, -0.2) is 8.78 Å². The van der Waals surface area contributed by atoms with Crippen LogP contribution in [0.15, 0.2) is 24.4 Å². The molecule has 2 N–H and O–H groups in total. The van der Waals surface area contributed by atoms with E-state index in [1.54, 1.807) is 7.05 Å². The molecule has 0 aliphatic carbocycles. The smallest absolute Gasteiger partial charge is 0.261 e. The molecule has 1 heterocycles. The molecule has 0 saturated carbocycles. The second-order valence-electron chi connectivity index (χ2n) is 3.27. The van der Waals surface area contributed by atoms with Gasteiger partial charge in [-0.3, -0.25) is 4.68 Å². The van der Waals surface area contributed by atoms with Crippen molar-refractivity contribution in [3.63, 3.8) is 0 Å². The van der Waals surface area contributed by atoms with Gasteiger partial charge in [0.25, 0.3) is 5.88 Å². The molecule has 2 aromatic rings. The van der Waals surface area contributed by atoms with E-state index in [1.165, 1.54) is 10.9 Å². The summed E-state index contributed by atoms with van der Waals surface area (Å²) in [6, 6.07) is 2.86. The second kappa shape index (κ2) is 3.80. The minimum absolute atomic E-state index is 0.0166. The first kappa shape index (κ1) is 10.4. The number of hydrogen-bond acceptors (Lipinski definition) is 3. The highest BCUT2D eigenvalue weighted by Gasteiger charge is 2.08. The molecule has 4 nitrogen and oxygen atoms in total. The predicted molar refractivity (Wildman–Crippen MR) is 54.1 cm³/mol. The molecule has 0 atom stereocenters. The number of aryl methyl sites for hydroxylation is 1. The molecular weight excluding hydrogens is 216 g/mol. The average molecular weight is 225 g/mol. The highest BCUT2D eigenvalue weighted by molar-refractivity contribution is 5.47. The summed E-state index contributed by atoms with van der Waals surface area (Å²) >= 11 is 0. The Labute approximate surface area is 90.2 Å². The Morgan fingerprint density at radius 3 is 2.38 bits per heavy atom. The summed E-state index contributed by atoms with van der Waals surface area (Å²) in [4.78, 5) is 0. The largest absolute Gasteiger partial charge is 0.436 e. The number of halogens is 2. The van der Waals surface area contributed by atoms with Crippen LogP contribution in [0, 0.1) is 11.6 Å². The first-order valence-electron chi connectivity index (χ1n) is 4.47. The van der Waals surface area contributed by atoms with Gasteiger partial charge in [0.05, 0.1) is 6.20 Å². The highest BCUT2D eigenvalue weighted by Crippen LogP contribution is 2.26. The minimum atomic E-state index is -0.718. The minimum Gasteiger partial charge on any atom is -0.436 e. The van der Waals surface area contributed by atoms with E-state index in [0.717, 1.165) is 18.2 Å². The molecule has 0 unspecified atom stereocenters. The molecule has 2 rings (SSSR count). The summed E-state index contributed by atoms with van der Waals surface area (Å²) in [5.74, 6) is -1.30. The van der Waals surface area contributed by atoms with Crippen molar-refractivity contribution in [2.75, 3.05) is 5.73 Å². The van der Waals surface area contributed by atoms with E-state index in [4.69, 9.17) is 10.5 Å². The average Bonchev–Trinajstić information content (AvgIpc) is 2.43. The summed E-state index contributed by atoms with van der Waals surface area (Å²) in [6.45, 7) is 0. The Kier molecular flexibility index (Phi) is 2.47. The number of ether oxygens (including phenoxy) is 1. The summed E-state index contributed by atoms with van der Waals surface area (Å²) in [7, 11) is 1.66. The van der Waals surface area contributed by atoms with Gasteiger partial charge in [-0.15, -0.1) is 5.10 Å². The molecule has 0 spiro atoms. The van der Waals surface area contributed by atoms with E-state index in [9.17, 15) is 8.78 Å². The monoisotopic (exact) mass is 225 g/mol. The van der Waals surface area contributed by atoms with Crippen LogP contribution >= 0.6 is 0 Å². The lowest BCUT2D eigenvalue weighted by Crippen LogP contribution is -1.92. The maximum atomic E-state index is 12.9. The molecule has 0 fully saturated rings. The van der Waals surface area contributed by atoms with Crippen molar-refractivity contribution in [1.82, 2.24) is 9.78 Å². The molecule has 84 valence electrons. The summed E-state index contributed by atoms with van der Waals surface area (Å²) in [5.41, 5.74) is 5.87. The fourth-order valence-corrected chi connectivity index (χ4v) is 1.26. The number of benzene rings is 1. The van der Waals surface area contributed by atoms with E-state index in [2.05, 4.69) is 5.10 Å². The Morgan fingerprint density at radius 1 is 1.25 bits per heavy atom. The zero-order valence-corrected chi connectivity index (χ0v) is 8.45. The fourth-order valence-electron chi connectivity index (χ4n) is 1.26. The van der Waals surface area contributed by atoms with Crippen molar-refractivity contribution >= 4 is 5.69 Å². The van der Waals surface area contributed by atoms with Gasteiger partial charge in [-0.05, 0) is 0 Å². The van der Waals surface area contributed by atoms with E-state index >= 15 is 0 Å². The van der Waals surface area contributed by atoms with Crippen LogP contribution < -0.4 is 10.5 Å². The number of aromatic nitrogens is 2. The zero-order chi connectivity index (χ0) is 11.7. The third-order valence-corrected chi connectivity index (χ3v) is 1.87. The van der Waals surface area contributed by atoms with Crippen molar-refractivity contribution in [3.05, 3.63) is 36.0 Å². The fraction of sp³-hybridized carbons (Fsp3) is 0.100. The molecule has 1 aromatic carbocycles. The molecule has 0 amide bonds. The van der Waals surface area contributed by atoms with Crippen molar-refractivity contribution in [3.8, 4) is 11.6 Å². The van der Waals surface area contributed by atoms with Gasteiger partial charge < -0.3 is 10.5 Å². The third kappa shape index (κ3) is 2.10. The van der Waals surface area contributed by atoms with Crippen LogP contribution in [-0.4, -0.2) is 9.78 Å². The van der Waals surface area contributed by atoms with Gasteiger partial charge >= 0.3 is 0 Å². The van der Waals surface area contributed by atoms with E-state index in [0.29, 0.717) is 5.69 Å². The second-order valence-corrected chi connectivity index (χ2v) is 3.27. The van der Waals surface area contributed by atoms with Crippen molar-refractivity contribution in [1.29, 1.82) is 0 Å². The van der Waals surface area contributed by atoms with E-state index < -0.39 is 11.6 Å². The van der Waals surface area contributed by atoms with Gasteiger partial charge in [0.15, 0.2) is 0 Å². The first-order valence-corrected chi connectivity index (χ1v) is 4.47. The lowest BCUT2D eigenvalue weighted by Gasteiger charge is -2.03. The van der Waals surface area contributed by atoms with Crippen LogP contribution in [0.5, 0.6) is 11.6 Å². The first-order chi connectivity index (χ1) is 7.54. The van der Waals surface area contributed by atoms with Gasteiger partial charge in [-0.2, -0.15) is 0 Å². The molecule has 0 bridgehead atoms. The van der Waals surface area contributed by atoms with Crippen LogP contribution in [0.1, 0.15) is 0 Å². The molecule has 16 heavy (non-hydrogen) atoms. The maximum Gasteiger partial charge on any atom is 0.261 e. The topological polar surface area (TPSA) is 53.1 Å². The number of nitrogen functional groups attached to an aromatic ring is 1. The zero-order valence-electron chi connectivity index (χ0n) is 8.45. The number of anilines is 1. The highest BCUT2D eigenvalue weighted by atomic mass is 19.1. The van der Waals surface area contributed by atoms with Crippen LogP contribution in [0.3, 0.4) is 0 Å². The van der Waals surface area contributed by atoms with Gasteiger partial charge in [-0.1, -0.05) is 0 Å². The Balaban J connectivity index is 2.30. The van der Waals surface area contributed by atoms with Gasteiger partial charge in [0, 0.05) is 25.2 Å². The van der Waals surface area contributed by atoms with Crippen LogP contribution in [0.4, 0.5) is 14.5 Å². The van der Waals surface area contributed by atoms with Gasteiger partial charge in [0.1, 0.15) is 23.1 Å². The Hall–Kier alpha value is -2.11. The maximum absolute atomic E-state index is 12.9. The molecule has 0 aliphatic heterocycles. The van der Waals surface area contributed by atoms with Crippen molar-refractivity contribution in [2.24, 2.45) is 7.05 Å².